The van der Waals surface area contributed by atoms with Gasteiger partial charge in [-0.15, -0.1) is 0 Å². The molecule has 0 amide bonds. The van der Waals surface area contributed by atoms with E-state index < -0.39 is 97.5 Å². The Morgan fingerprint density at radius 2 is 0.473 bits per heavy atom. The van der Waals surface area contributed by atoms with Gasteiger partial charge in [0.2, 0.25) is 0 Å². The Morgan fingerprint density at radius 1 is 0.264 bits per heavy atom. The van der Waals surface area contributed by atoms with Crippen LogP contribution in [0.1, 0.15) is 349 Å². The Balaban J connectivity index is 5.40. The van der Waals surface area contributed by atoms with E-state index in [0.29, 0.717) is 25.7 Å². The van der Waals surface area contributed by atoms with E-state index in [1.54, 1.807) is 0 Å². The smallest absolute Gasteiger partial charge is 0.462 e. The number of hydrogen-bond acceptors (Lipinski definition) is 15. The van der Waals surface area contributed by atoms with Crippen molar-refractivity contribution in [1.82, 2.24) is 0 Å². The quantitative estimate of drug-likeness (QED) is 0.0169. The van der Waals surface area contributed by atoms with Gasteiger partial charge in [-0.1, -0.05) is 302 Å². The van der Waals surface area contributed by atoms with Gasteiger partial charge < -0.3 is 33.8 Å². The number of carbonyl (C=O) groups is 4. The molecule has 0 spiro atoms. The molecule has 110 heavy (non-hydrogen) atoms. The highest BCUT2D eigenvalue weighted by molar-refractivity contribution is 7.47. The minimum absolute atomic E-state index is 0.0733. The number of aliphatic hydroxyl groups excluding tert-OH is 1. The topological polar surface area (TPSA) is 237 Å². The van der Waals surface area contributed by atoms with Gasteiger partial charge in [0, 0.05) is 25.7 Å². The summed E-state index contributed by atoms with van der Waals surface area (Å²) in [6.45, 7) is 4.59. The Bertz CT molecular complexity index is 2650. The van der Waals surface area contributed by atoms with Crippen LogP contribution in [0.4, 0.5) is 0 Å². The molecule has 17 nitrogen and oxygen atoms in total. The van der Waals surface area contributed by atoms with E-state index in [2.05, 4.69) is 174 Å². The van der Waals surface area contributed by atoms with E-state index >= 15 is 0 Å². The lowest BCUT2D eigenvalue weighted by Crippen LogP contribution is -2.30. The zero-order chi connectivity index (χ0) is 80.3. The van der Waals surface area contributed by atoms with Crippen LogP contribution in [0, 0.1) is 0 Å². The highest BCUT2D eigenvalue weighted by Crippen LogP contribution is 2.45. The van der Waals surface area contributed by atoms with Gasteiger partial charge >= 0.3 is 39.5 Å². The van der Waals surface area contributed by atoms with Crippen LogP contribution in [0.5, 0.6) is 0 Å². The molecule has 0 rings (SSSR count). The summed E-state index contributed by atoms with van der Waals surface area (Å²) in [7, 11) is -9.99. The Morgan fingerprint density at radius 3 is 0.755 bits per heavy atom. The maximum atomic E-state index is 13.2. The molecule has 0 radical (unpaired) electrons. The maximum absolute atomic E-state index is 13.2. The first-order chi connectivity index (χ1) is 53.7. The predicted octanol–water partition coefficient (Wildman–Crippen LogP) is 25.8. The summed E-state index contributed by atoms with van der Waals surface area (Å²) in [6.07, 6.45) is 95.1. The lowest BCUT2D eigenvalue weighted by atomic mass is 10.1. The Hall–Kier alpha value is -5.06. The Labute approximate surface area is 668 Å². The van der Waals surface area contributed by atoms with Gasteiger partial charge in [-0.3, -0.25) is 37.3 Å². The van der Waals surface area contributed by atoms with Gasteiger partial charge in [-0.05, 0) is 167 Å². The van der Waals surface area contributed by atoms with Crippen molar-refractivity contribution in [2.24, 2.45) is 0 Å². The SMILES string of the molecule is CC/C=C\C/C=C\C/C=C\C/C=C\CCCCCCCCC(=O)OCC(COP(=O)(O)OCC(O)COP(=O)(O)OCC(COC(=O)CCCCCCCC/C=C\C/C=C\C/C=C\C/C=C\CC)OC(=O)CCCCCCCC/C=C\C/C=C\C/C=C\CCCCC)OC(=O)CCCCCCC/C=C\CCCCCC. The molecule has 19 heteroatoms. The fraction of sp³-hybridized carbons (Fsp3) is 0.692. The number of allylic oxidation sites excluding steroid dienone is 24. The standard InChI is InChI=1S/C91H154O17P2/c1-5-9-13-17-21-25-29-33-36-39-42-45-48-52-55-59-63-67-71-75-88(93)101-81-86(107-90(95)77-73-69-65-61-57-51-32-28-24-20-16-12-8-4)83-105-109(97,98)103-79-85(92)80-104-110(99,100)106-84-87(108-91(96)78-74-70-66-62-58-54-50-47-44-41-38-35-31-27-23-19-15-11-7-3)82-102-89(94)76-72-68-64-60-56-53-49-46-43-40-37-34-30-26-22-18-14-10-6-2/h9-10,13-14,21-23,25-28,32-38,42-47,85-87,92H,5-8,11-12,15-20,24,29-31,39-41,48-84H2,1-4H3,(H,97,98)(H,99,100)/b13-9-,14-10-,25-21-,26-22-,27-23-,32-28-,36-33-,37-34-,38-35-,45-42-,46-43-,47-44-. The molecule has 630 valence electrons. The molecule has 0 aliphatic heterocycles. The van der Waals surface area contributed by atoms with Gasteiger partial charge in [0.25, 0.3) is 0 Å². The van der Waals surface area contributed by atoms with Crippen LogP contribution in [0.3, 0.4) is 0 Å². The van der Waals surface area contributed by atoms with Crippen LogP contribution in [0.15, 0.2) is 146 Å². The van der Waals surface area contributed by atoms with Gasteiger partial charge in [-0.2, -0.15) is 0 Å². The van der Waals surface area contributed by atoms with Gasteiger partial charge in [0.15, 0.2) is 12.2 Å². The summed E-state index contributed by atoms with van der Waals surface area (Å²) in [5, 5.41) is 10.7. The third kappa shape index (κ3) is 81.0. The monoisotopic (exact) mass is 1580 g/mol. The first-order valence-electron chi connectivity index (χ1n) is 43.1. The number of ether oxygens (including phenoxy) is 4. The summed E-state index contributed by atoms with van der Waals surface area (Å²) < 4.78 is 68.8. The van der Waals surface area contributed by atoms with E-state index in [-0.39, 0.29) is 25.7 Å². The zero-order valence-corrected chi connectivity index (χ0v) is 70.9. The van der Waals surface area contributed by atoms with Gasteiger partial charge in [-0.25, -0.2) is 9.13 Å². The van der Waals surface area contributed by atoms with Crippen molar-refractivity contribution >= 4 is 39.5 Å². The number of aliphatic hydroxyl groups is 1. The number of hydrogen-bond donors (Lipinski definition) is 3. The van der Waals surface area contributed by atoms with E-state index in [4.69, 9.17) is 37.0 Å². The molecule has 0 bridgehead atoms. The first kappa shape index (κ1) is 105. The number of carbonyl (C=O) groups excluding carboxylic acids is 4. The minimum Gasteiger partial charge on any atom is -0.462 e. The highest BCUT2D eigenvalue weighted by atomic mass is 31.2. The molecular formula is C91H154O17P2. The van der Waals surface area contributed by atoms with Crippen LogP contribution in [0.2, 0.25) is 0 Å². The summed E-state index contributed by atoms with van der Waals surface area (Å²) in [6, 6.07) is 0. The largest absolute Gasteiger partial charge is 0.472 e. The van der Waals surface area contributed by atoms with E-state index in [0.717, 1.165) is 225 Å². The predicted molar refractivity (Wildman–Crippen MR) is 454 cm³/mol. The number of phosphoric acid groups is 2. The van der Waals surface area contributed by atoms with Crippen molar-refractivity contribution in [1.29, 1.82) is 0 Å². The third-order valence-electron chi connectivity index (χ3n) is 17.8. The summed E-state index contributed by atoms with van der Waals surface area (Å²) >= 11 is 0. The van der Waals surface area contributed by atoms with Crippen molar-refractivity contribution in [3.05, 3.63) is 146 Å². The van der Waals surface area contributed by atoms with E-state index in [1.165, 1.54) is 44.9 Å². The van der Waals surface area contributed by atoms with Gasteiger partial charge in [0.05, 0.1) is 26.4 Å². The third-order valence-corrected chi connectivity index (χ3v) is 19.7. The van der Waals surface area contributed by atoms with Crippen molar-refractivity contribution in [3.63, 3.8) is 0 Å². The number of unbranched alkanes of at least 4 members (excludes halogenated alkanes) is 30. The van der Waals surface area contributed by atoms with Gasteiger partial charge in [0.1, 0.15) is 19.3 Å². The second-order valence-electron chi connectivity index (χ2n) is 28.4. The maximum Gasteiger partial charge on any atom is 0.472 e. The number of rotatable bonds is 80. The molecule has 5 unspecified atom stereocenters. The molecule has 0 aromatic rings. The molecular weight excluding hydrogens is 1430 g/mol. The molecule has 0 fully saturated rings. The molecule has 5 atom stereocenters. The average molecular weight is 1580 g/mol. The minimum atomic E-state index is -5.00. The molecule has 0 aromatic carbocycles. The van der Waals surface area contributed by atoms with Crippen LogP contribution < -0.4 is 0 Å². The first-order valence-corrected chi connectivity index (χ1v) is 46.1. The second-order valence-corrected chi connectivity index (χ2v) is 31.3. The fourth-order valence-corrected chi connectivity index (χ4v) is 12.8. The van der Waals surface area contributed by atoms with Crippen LogP contribution in [0.25, 0.3) is 0 Å². The zero-order valence-electron chi connectivity index (χ0n) is 69.1. The molecule has 3 N–H and O–H groups in total. The average Bonchev–Trinajstić information content (AvgIpc) is 0.942. The van der Waals surface area contributed by atoms with Crippen molar-refractivity contribution in [2.75, 3.05) is 39.6 Å². The fourth-order valence-electron chi connectivity index (χ4n) is 11.3. The van der Waals surface area contributed by atoms with Crippen molar-refractivity contribution in [3.8, 4) is 0 Å². The molecule has 0 saturated carbocycles. The lowest BCUT2D eigenvalue weighted by molar-refractivity contribution is -0.161. The molecule has 0 aromatic heterocycles. The Kier molecular flexibility index (Phi) is 78.2. The molecule has 0 aliphatic carbocycles. The van der Waals surface area contributed by atoms with Crippen molar-refractivity contribution in [2.45, 2.75) is 367 Å². The summed E-state index contributed by atoms with van der Waals surface area (Å²) in [5.74, 6) is -2.22. The summed E-state index contributed by atoms with van der Waals surface area (Å²) in [4.78, 5) is 73.3. The molecule has 0 saturated heterocycles. The van der Waals surface area contributed by atoms with E-state index in [9.17, 15) is 43.2 Å². The highest BCUT2D eigenvalue weighted by Gasteiger charge is 2.30. The van der Waals surface area contributed by atoms with Crippen LogP contribution in [-0.2, 0) is 65.4 Å². The van der Waals surface area contributed by atoms with Crippen LogP contribution >= 0.6 is 15.6 Å². The number of phosphoric ester groups is 2. The normalized spacial score (nSPS) is 14.5. The molecule has 0 aliphatic rings. The lowest BCUT2D eigenvalue weighted by Gasteiger charge is -2.21. The van der Waals surface area contributed by atoms with Crippen molar-refractivity contribution < 1.29 is 80.2 Å². The van der Waals surface area contributed by atoms with Crippen LogP contribution in [-0.4, -0.2) is 96.7 Å². The molecule has 0 heterocycles. The second kappa shape index (κ2) is 81.9. The number of esters is 4. The van der Waals surface area contributed by atoms with E-state index in [1.807, 2.05) is 0 Å². The summed E-state index contributed by atoms with van der Waals surface area (Å²) in [5.41, 5.74) is 0.